The maximum atomic E-state index is 14.2. The third kappa shape index (κ3) is 5.98. The van der Waals surface area contributed by atoms with E-state index in [0.29, 0.717) is 40.7 Å². The van der Waals surface area contributed by atoms with Crippen LogP contribution in [0.15, 0.2) is 59.4 Å². The molecule has 0 aliphatic heterocycles. The van der Waals surface area contributed by atoms with Crippen LogP contribution in [0.25, 0.3) is 5.65 Å². The van der Waals surface area contributed by atoms with Crippen LogP contribution >= 0.6 is 11.6 Å². The highest BCUT2D eigenvalue weighted by Crippen LogP contribution is 2.33. The highest BCUT2D eigenvalue weighted by Gasteiger charge is 2.40. The van der Waals surface area contributed by atoms with Gasteiger partial charge in [-0.1, -0.05) is 66.6 Å². The fourth-order valence-electron chi connectivity index (χ4n) is 5.00. The summed E-state index contributed by atoms with van der Waals surface area (Å²) >= 11 is 6.60. The SMILES string of the molecule is CCC(C)(c1nc2c(Cl)c(C)nn2c(=O)n1Cc1ccccc1)N(CCCCN(C)C)C(=O)c1ccc(C)cc1. The predicted octanol–water partition coefficient (Wildman–Crippen LogP) is 5.32. The summed E-state index contributed by atoms with van der Waals surface area (Å²) in [5, 5.41) is 4.72. The first-order chi connectivity index (χ1) is 19.1. The maximum absolute atomic E-state index is 14.2. The molecule has 2 aromatic heterocycles. The molecule has 2 aromatic carbocycles. The number of carbonyl (C=O) groups excluding carboxylic acids is 1. The van der Waals surface area contributed by atoms with E-state index in [9.17, 15) is 9.59 Å². The number of fused-ring (bicyclic) bond motifs is 1. The van der Waals surface area contributed by atoms with Gasteiger partial charge in [0.15, 0.2) is 5.65 Å². The highest BCUT2D eigenvalue weighted by molar-refractivity contribution is 6.34. The van der Waals surface area contributed by atoms with E-state index in [2.05, 4.69) is 10.00 Å². The van der Waals surface area contributed by atoms with Gasteiger partial charge in [0.05, 0.1) is 17.8 Å². The van der Waals surface area contributed by atoms with Crippen molar-refractivity contribution in [1.82, 2.24) is 29.0 Å². The number of carbonyl (C=O) groups is 1. The van der Waals surface area contributed by atoms with Gasteiger partial charge in [-0.05, 0) is 78.4 Å². The van der Waals surface area contributed by atoms with Crippen molar-refractivity contribution in [3.63, 3.8) is 0 Å². The lowest BCUT2D eigenvalue weighted by molar-refractivity contribution is 0.0441. The Morgan fingerprint density at radius 3 is 2.27 bits per heavy atom. The van der Waals surface area contributed by atoms with Gasteiger partial charge in [0.1, 0.15) is 10.8 Å². The lowest BCUT2D eigenvalue weighted by Crippen LogP contribution is -2.51. The topological polar surface area (TPSA) is 75.7 Å². The highest BCUT2D eigenvalue weighted by atomic mass is 35.5. The summed E-state index contributed by atoms with van der Waals surface area (Å²) in [6, 6.07) is 17.4. The number of rotatable bonds is 11. The summed E-state index contributed by atoms with van der Waals surface area (Å²) in [6.07, 6.45) is 2.28. The number of halogens is 1. The molecule has 4 rings (SSSR count). The first-order valence-electron chi connectivity index (χ1n) is 13.8. The van der Waals surface area contributed by atoms with Gasteiger partial charge in [0.2, 0.25) is 0 Å². The van der Waals surface area contributed by atoms with Gasteiger partial charge < -0.3 is 9.80 Å². The van der Waals surface area contributed by atoms with Crippen LogP contribution in [0.5, 0.6) is 0 Å². The normalized spacial score (nSPS) is 13.1. The zero-order chi connectivity index (χ0) is 29.0. The molecule has 212 valence electrons. The smallest absolute Gasteiger partial charge is 0.326 e. The number of aromatic nitrogens is 4. The summed E-state index contributed by atoms with van der Waals surface area (Å²) in [7, 11) is 4.09. The molecule has 1 amide bonds. The van der Waals surface area contributed by atoms with E-state index >= 15 is 0 Å². The van der Waals surface area contributed by atoms with Crippen molar-refractivity contribution in [2.45, 2.75) is 59.0 Å². The standard InChI is InChI=1S/C31H39ClN6O2/c1-7-31(4,37(20-12-11-19-35(5)6)28(39)25-17-15-22(2)16-18-25)29-33-27-26(32)23(3)34-38(27)30(40)36(29)21-24-13-9-8-10-14-24/h8-10,13-18H,7,11-12,19-21H2,1-6H3. The van der Waals surface area contributed by atoms with Crippen molar-refractivity contribution >= 4 is 23.2 Å². The minimum atomic E-state index is -0.905. The van der Waals surface area contributed by atoms with Crippen LogP contribution < -0.4 is 5.69 Å². The Balaban J connectivity index is 1.91. The first kappa shape index (κ1) is 29.5. The second-order valence-electron chi connectivity index (χ2n) is 10.9. The van der Waals surface area contributed by atoms with Gasteiger partial charge in [0, 0.05) is 12.1 Å². The zero-order valence-electron chi connectivity index (χ0n) is 24.3. The minimum Gasteiger partial charge on any atom is -0.326 e. The molecule has 2 heterocycles. The van der Waals surface area contributed by atoms with Crippen molar-refractivity contribution < 1.29 is 4.79 Å². The van der Waals surface area contributed by atoms with Crippen LogP contribution in [-0.2, 0) is 12.1 Å². The van der Waals surface area contributed by atoms with Crippen molar-refractivity contribution in [3.05, 3.63) is 98.3 Å². The van der Waals surface area contributed by atoms with E-state index in [4.69, 9.17) is 16.6 Å². The summed E-state index contributed by atoms with van der Waals surface area (Å²) in [4.78, 5) is 37.2. The lowest BCUT2D eigenvalue weighted by atomic mass is 9.92. The number of hydrogen-bond acceptors (Lipinski definition) is 5. The van der Waals surface area contributed by atoms with Crippen LogP contribution in [0, 0.1) is 13.8 Å². The van der Waals surface area contributed by atoms with E-state index < -0.39 is 5.54 Å². The van der Waals surface area contributed by atoms with Gasteiger partial charge in [-0.2, -0.15) is 9.61 Å². The van der Waals surface area contributed by atoms with Gasteiger partial charge in [-0.15, -0.1) is 0 Å². The fourth-order valence-corrected chi connectivity index (χ4v) is 5.16. The third-order valence-electron chi connectivity index (χ3n) is 7.57. The Hall–Kier alpha value is -3.49. The van der Waals surface area contributed by atoms with Crippen molar-refractivity contribution in [2.24, 2.45) is 0 Å². The average molecular weight is 563 g/mol. The Morgan fingerprint density at radius 2 is 1.65 bits per heavy atom. The molecule has 0 saturated heterocycles. The summed E-state index contributed by atoms with van der Waals surface area (Å²) in [5.41, 5.74) is 2.23. The van der Waals surface area contributed by atoms with Gasteiger partial charge in [-0.3, -0.25) is 9.36 Å². The van der Waals surface area contributed by atoms with E-state index in [0.717, 1.165) is 30.5 Å². The monoisotopic (exact) mass is 562 g/mol. The van der Waals surface area contributed by atoms with E-state index in [-0.39, 0.29) is 18.1 Å². The number of hydrogen-bond donors (Lipinski definition) is 0. The summed E-state index contributed by atoms with van der Waals surface area (Å²) < 4.78 is 2.91. The number of nitrogens with zero attached hydrogens (tertiary/aromatic N) is 6. The Morgan fingerprint density at radius 1 is 1.00 bits per heavy atom. The van der Waals surface area contributed by atoms with Crippen LogP contribution in [0.1, 0.15) is 66.1 Å². The quantitative estimate of drug-likeness (QED) is 0.231. The molecule has 0 aliphatic rings. The van der Waals surface area contributed by atoms with Gasteiger partial charge in [0.25, 0.3) is 5.91 Å². The molecule has 0 bridgehead atoms. The largest absolute Gasteiger partial charge is 0.352 e. The molecule has 0 radical (unpaired) electrons. The molecule has 0 N–H and O–H groups in total. The molecule has 9 heteroatoms. The first-order valence-corrected chi connectivity index (χ1v) is 14.2. The molecule has 0 fully saturated rings. The zero-order valence-corrected chi connectivity index (χ0v) is 25.1. The average Bonchev–Trinajstić information content (AvgIpc) is 3.23. The molecule has 8 nitrogen and oxygen atoms in total. The van der Waals surface area contributed by atoms with Crippen molar-refractivity contribution in [3.8, 4) is 0 Å². The van der Waals surface area contributed by atoms with Crippen LogP contribution in [0.3, 0.4) is 0 Å². The Kier molecular flexibility index (Phi) is 9.11. The Labute approximate surface area is 241 Å². The second kappa shape index (κ2) is 12.4. The number of unbranched alkanes of at least 4 members (excludes halogenated alkanes) is 1. The fraction of sp³-hybridized carbons (Fsp3) is 0.419. The van der Waals surface area contributed by atoms with E-state index in [1.807, 2.05) is 94.4 Å². The van der Waals surface area contributed by atoms with E-state index in [1.165, 1.54) is 4.52 Å². The lowest BCUT2D eigenvalue weighted by Gasteiger charge is -2.41. The van der Waals surface area contributed by atoms with Gasteiger partial charge >= 0.3 is 5.69 Å². The molecular formula is C31H39ClN6O2. The minimum absolute atomic E-state index is 0.0922. The third-order valence-corrected chi connectivity index (χ3v) is 8.02. The van der Waals surface area contributed by atoms with Crippen LogP contribution in [-0.4, -0.2) is 62.1 Å². The maximum Gasteiger partial charge on any atom is 0.352 e. The van der Waals surface area contributed by atoms with Crippen molar-refractivity contribution in [2.75, 3.05) is 27.2 Å². The molecule has 0 aliphatic carbocycles. The molecular weight excluding hydrogens is 524 g/mol. The van der Waals surface area contributed by atoms with Crippen LogP contribution in [0.2, 0.25) is 5.02 Å². The number of amides is 1. The summed E-state index contributed by atoms with van der Waals surface area (Å²) in [6.45, 7) is 9.52. The van der Waals surface area contributed by atoms with E-state index in [1.54, 1.807) is 11.5 Å². The van der Waals surface area contributed by atoms with Gasteiger partial charge in [-0.25, -0.2) is 9.78 Å². The molecule has 4 aromatic rings. The second-order valence-corrected chi connectivity index (χ2v) is 11.3. The Bertz CT molecular complexity index is 1530. The molecule has 0 spiro atoms. The van der Waals surface area contributed by atoms with Crippen LogP contribution in [0.4, 0.5) is 0 Å². The number of benzene rings is 2. The predicted molar refractivity (Wildman–Crippen MR) is 160 cm³/mol. The summed E-state index contributed by atoms with van der Waals surface area (Å²) in [5.74, 6) is 0.400. The molecule has 40 heavy (non-hydrogen) atoms. The molecule has 1 unspecified atom stereocenters. The molecule has 0 saturated carbocycles. The van der Waals surface area contributed by atoms with Crippen molar-refractivity contribution in [1.29, 1.82) is 0 Å². The molecule has 1 atom stereocenters. The number of aryl methyl sites for hydroxylation is 2.